The number of carbonyl (C=O) groups excluding carboxylic acids is 1. The molecule has 1 aromatic carbocycles. The quantitative estimate of drug-likeness (QED) is 0.715. The minimum absolute atomic E-state index is 0.128. The van der Waals surface area contributed by atoms with Crippen molar-refractivity contribution in [2.45, 2.75) is 32.4 Å². The number of nitrogens with one attached hydrogen (secondary N) is 2. The van der Waals surface area contributed by atoms with E-state index in [0.29, 0.717) is 11.4 Å². The normalized spacial score (nSPS) is 12.3. The third-order valence-corrected chi connectivity index (χ3v) is 2.71. The van der Waals surface area contributed by atoms with Crippen LogP contribution < -0.4 is 16.4 Å². The highest BCUT2D eigenvalue weighted by molar-refractivity contribution is 5.94. The number of rotatable bonds is 7. The number of methoxy groups -OCH3 is 1. The zero-order valence-electron chi connectivity index (χ0n) is 12.1. The van der Waals surface area contributed by atoms with Crippen molar-refractivity contribution >= 4 is 17.3 Å². The molecule has 0 saturated carbocycles. The van der Waals surface area contributed by atoms with Gasteiger partial charge in [0.05, 0.1) is 23.9 Å². The predicted molar refractivity (Wildman–Crippen MR) is 78.3 cm³/mol. The smallest absolute Gasteiger partial charge is 0.227 e. The van der Waals surface area contributed by atoms with Crippen molar-refractivity contribution in [3.05, 3.63) is 24.0 Å². The Morgan fingerprint density at radius 3 is 2.65 bits per heavy atom. The summed E-state index contributed by atoms with van der Waals surface area (Å²) in [5, 5.41) is 5.83. The van der Waals surface area contributed by atoms with Gasteiger partial charge in [-0.25, -0.2) is 4.39 Å². The molecule has 1 amide bonds. The molecule has 5 nitrogen and oxygen atoms in total. The first kappa shape index (κ1) is 16.4. The lowest BCUT2D eigenvalue weighted by Crippen LogP contribution is -2.28. The molecule has 1 aromatic rings. The molecule has 1 unspecified atom stereocenters. The van der Waals surface area contributed by atoms with Gasteiger partial charge < -0.3 is 21.1 Å². The van der Waals surface area contributed by atoms with Gasteiger partial charge in [0.25, 0.3) is 0 Å². The number of ether oxygens (including phenoxy) is 1. The standard InChI is InChI=1S/C14H22FN3O2/c1-9(2)17-13-6-10(15)4-5-12(13)18-14(19)7-11(8-16)20-3/h4-6,9,11,17H,7-8,16H2,1-3H3,(H,18,19). The second-order valence-corrected chi connectivity index (χ2v) is 4.83. The maximum atomic E-state index is 13.3. The maximum Gasteiger partial charge on any atom is 0.227 e. The summed E-state index contributed by atoms with van der Waals surface area (Å²) in [6.45, 7) is 4.14. The summed E-state index contributed by atoms with van der Waals surface area (Å²) >= 11 is 0. The average Bonchev–Trinajstić information content (AvgIpc) is 2.38. The summed E-state index contributed by atoms with van der Waals surface area (Å²) in [7, 11) is 1.51. The van der Waals surface area contributed by atoms with Crippen LogP contribution in [0, 0.1) is 5.82 Å². The van der Waals surface area contributed by atoms with Gasteiger partial charge in [-0.05, 0) is 32.0 Å². The van der Waals surface area contributed by atoms with Gasteiger partial charge in [0.1, 0.15) is 5.82 Å². The zero-order chi connectivity index (χ0) is 15.1. The molecule has 1 atom stereocenters. The van der Waals surface area contributed by atoms with E-state index in [1.165, 1.54) is 25.3 Å². The van der Waals surface area contributed by atoms with Crippen molar-refractivity contribution < 1.29 is 13.9 Å². The summed E-state index contributed by atoms with van der Waals surface area (Å²) in [6, 6.07) is 4.31. The second kappa shape index (κ2) is 7.81. The molecule has 6 heteroatoms. The Kier molecular flexibility index (Phi) is 6.41. The molecule has 0 radical (unpaired) electrons. The minimum atomic E-state index is -0.358. The van der Waals surface area contributed by atoms with Gasteiger partial charge in [0, 0.05) is 19.7 Å². The Hall–Kier alpha value is -1.66. The van der Waals surface area contributed by atoms with E-state index in [-0.39, 0.29) is 36.8 Å². The number of benzene rings is 1. The van der Waals surface area contributed by atoms with Gasteiger partial charge in [-0.3, -0.25) is 4.79 Å². The molecule has 0 bridgehead atoms. The monoisotopic (exact) mass is 283 g/mol. The fourth-order valence-electron chi connectivity index (χ4n) is 1.73. The van der Waals surface area contributed by atoms with Gasteiger partial charge in [0.2, 0.25) is 5.91 Å². The Balaban J connectivity index is 2.78. The van der Waals surface area contributed by atoms with E-state index in [1.807, 2.05) is 13.8 Å². The van der Waals surface area contributed by atoms with Crippen LogP contribution in [0.4, 0.5) is 15.8 Å². The summed E-state index contributed by atoms with van der Waals surface area (Å²) in [6.07, 6.45) is -0.164. The van der Waals surface area contributed by atoms with Crippen LogP contribution in [0.2, 0.25) is 0 Å². The first-order valence-electron chi connectivity index (χ1n) is 6.55. The van der Waals surface area contributed by atoms with Gasteiger partial charge in [-0.1, -0.05) is 0 Å². The number of hydrogen-bond acceptors (Lipinski definition) is 4. The van der Waals surface area contributed by atoms with Crippen molar-refractivity contribution in [1.29, 1.82) is 0 Å². The number of hydrogen-bond donors (Lipinski definition) is 3. The van der Waals surface area contributed by atoms with Gasteiger partial charge in [-0.2, -0.15) is 0 Å². The fourth-order valence-corrected chi connectivity index (χ4v) is 1.73. The largest absolute Gasteiger partial charge is 0.381 e. The molecule has 0 aliphatic carbocycles. The zero-order valence-corrected chi connectivity index (χ0v) is 12.1. The summed E-state index contributed by atoms with van der Waals surface area (Å²) in [5.74, 6) is -0.580. The van der Waals surface area contributed by atoms with Gasteiger partial charge in [-0.15, -0.1) is 0 Å². The van der Waals surface area contributed by atoms with E-state index >= 15 is 0 Å². The SMILES string of the molecule is COC(CN)CC(=O)Nc1ccc(F)cc1NC(C)C. The van der Waals surface area contributed by atoms with E-state index < -0.39 is 0 Å². The number of halogens is 1. The van der Waals surface area contributed by atoms with Crippen LogP contribution in [0.15, 0.2) is 18.2 Å². The molecule has 0 aliphatic heterocycles. The van der Waals surface area contributed by atoms with Crippen LogP contribution in [-0.2, 0) is 9.53 Å². The second-order valence-electron chi connectivity index (χ2n) is 4.83. The van der Waals surface area contributed by atoms with Crippen molar-refractivity contribution in [3.63, 3.8) is 0 Å². The first-order chi connectivity index (χ1) is 9.46. The highest BCUT2D eigenvalue weighted by Crippen LogP contribution is 2.23. The number of anilines is 2. The summed E-state index contributed by atoms with van der Waals surface area (Å²) in [4.78, 5) is 11.9. The third kappa shape index (κ3) is 5.14. The van der Waals surface area contributed by atoms with E-state index in [4.69, 9.17) is 10.5 Å². The Morgan fingerprint density at radius 1 is 1.40 bits per heavy atom. The minimum Gasteiger partial charge on any atom is -0.381 e. The Bertz CT molecular complexity index is 448. The topological polar surface area (TPSA) is 76.4 Å². The molecule has 0 spiro atoms. The lowest BCUT2D eigenvalue weighted by Gasteiger charge is -2.17. The molecule has 0 aromatic heterocycles. The first-order valence-corrected chi connectivity index (χ1v) is 6.55. The van der Waals surface area contributed by atoms with Crippen LogP contribution in [0.1, 0.15) is 20.3 Å². The van der Waals surface area contributed by atoms with Crippen molar-refractivity contribution in [2.75, 3.05) is 24.3 Å². The Labute approximate surface area is 118 Å². The molecule has 1 rings (SSSR count). The van der Waals surface area contributed by atoms with Crippen LogP contribution >= 0.6 is 0 Å². The number of nitrogens with two attached hydrogens (primary N) is 1. The van der Waals surface area contributed by atoms with E-state index in [9.17, 15) is 9.18 Å². The van der Waals surface area contributed by atoms with Crippen molar-refractivity contribution in [1.82, 2.24) is 0 Å². The van der Waals surface area contributed by atoms with E-state index in [2.05, 4.69) is 10.6 Å². The van der Waals surface area contributed by atoms with Crippen LogP contribution in [0.25, 0.3) is 0 Å². The van der Waals surface area contributed by atoms with Gasteiger partial charge in [0.15, 0.2) is 0 Å². The van der Waals surface area contributed by atoms with Crippen LogP contribution in [0.5, 0.6) is 0 Å². The third-order valence-electron chi connectivity index (χ3n) is 2.71. The van der Waals surface area contributed by atoms with Crippen molar-refractivity contribution in [3.8, 4) is 0 Å². The summed E-state index contributed by atoms with van der Waals surface area (Å²) in [5.41, 5.74) is 6.56. The van der Waals surface area contributed by atoms with Gasteiger partial charge >= 0.3 is 0 Å². The van der Waals surface area contributed by atoms with E-state index in [1.54, 1.807) is 0 Å². The van der Waals surface area contributed by atoms with Crippen molar-refractivity contribution in [2.24, 2.45) is 5.73 Å². The lowest BCUT2D eigenvalue weighted by atomic mass is 10.2. The predicted octanol–water partition coefficient (Wildman–Crippen LogP) is 1.95. The highest BCUT2D eigenvalue weighted by atomic mass is 19.1. The molecule has 0 fully saturated rings. The number of amides is 1. The molecular weight excluding hydrogens is 261 g/mol. The fraction of sp³-hybridized carbons (Fsp3) is 0.500. The highest BCUT2D eigenvalue weighted by Gasteiger charge is 2.13. The maximum absolute atomic E-state index is 13.3. The molecule has 20 heavy (non-hydrogen) atoms. The Morgan fingerprint density at radius 2 is 2.10 bits per heavy atom. The molecule has 4 N–H and O–H groups in total. The average molecular weight is 283 g/mol. The van der Waals surface area contributed by atoms with Crippen LogP contribution in [-0.4, -0.2) is 31.7 Å². The molecular formula is C14H22FN3O2. The van der Waals surface area contributed by atoms with Crippen LogP contribution in [0.3, 0.4) is 0 Å². The molecule has 0 heterocycles. The molecule has 0 aliphatic rings. The summed E-state index contributed by atoms with van der Waals surface area (Å²) < 4.78 is 18.3. The molecule has 0 saturated heterocycles. The number of carbonyl (C=O) groups is 1. The lowest BCUT2D eigenvalue weighted by molar-refractivity contribution is -0.118. The molecule has 112 valence electrons. The van der Waals surface area contributed by atoms with E-state index in [0.717, 1.165) is 0 Å².